The number of aromatic hydroxyl groups is 2. The minimum atomic E-state index is 0.0830. The van der Waals surface area contributed by atoms with Gasteiger partial charge in [-0.25, -0.2) is 0 Å². The Labute approximate surface area is 183 Å². The van der Waals surface area contributed by atoms with E-state index in [1.807, 2.05) is 18.2 Å². The normalized spacial score (nSPS) is 20.9. The van der Waals surface area contributed by atoms with Gasteiger partial charge in [-0.3, -0.25) is 0 Å². The van der Waals surface area contributed by atoms with Crippen LogP contribution in [0.25, 0.3) is 0 Å². The summed E-state index contributed by atoms with van der Waals surface area (Å²) in [6.07, 6.45) is 3.73. The lowest BCUT2D eigenvalue weighted by Crippen LogP contribution is -2.25. The van der Waals surface area contributed by atoms with E-state index in [1.165, 1.54) is 37.1 Å². The first-order valence-corrected chi connectivity index (χ1v) is 11.2. The van der Waals surface area contributed by atoms with Crippen molar-refractivity contribution in [3.8, 4) is 17.2 Å². The molecule has 2 N–H and O–H groups in total. The molecule has 160 valence electrons. The standard InChI is InChI=1S/C27H29NO3/c29-22-5-3-4-21(16-22)25-18-31-26-17-23(30)10-11-24(26)27(25)20-8-6-19(7-9-20)12-15-28-13-1-2-14-28/h3-11,16-17,25,27,29-30H,1-2,12-15,18H2/t25-,27-/m0/s1. The molecule has 3 aromatic rings. The Kier molecular flexibility index (Phi) is 5.56. The number of phenolic OH excluding ortho intramolecular Hbond substituents is 2. The summed E-state index contributed by atoms with van der Waals surface area (Å²) in [6.45, 7) is 4.09. The van der Waals surface area contributed by atoms with Gasteiger partial charge in [0.25, 0.3) is 0 Å². The maximum atomic E-state index is 10.0. The van der Waals surface area contributed by atoms with Gasteiger partial charge in [0.15, 0.2) is 0 Å². The summed E-state index contributed by atoms with van der Waals surface area (Å²) in [5.41, 5.74) is 4.72. The van der Waals surface area contributed by atoms with E-state index in [0.717, 1.165) is 29.8 Å². The maximum Gasteiger partial charge on any atom is 0.126 e. The van der Waals surface area contributed by atoms with Gasteiger partial charge in [-0.2, -0.15) is 0 Å². The van der Waals surface area contributed by atoms with Gasteiger partial charge >= 0.3 is 0 Å². The second-order valence-electron chi connectivity index (χ2n) is 8.75. The molecule has 2 aliphatic heterocycles. The molecule has 0 aliphatic carbocycles. The summed E-state index contributed by atoms with van der Waals surface area (Å²) in [7, 11) is 0. The molecule has 5 rings (SSSR count). The van der Waals surface area contributed by atoms with Crippen LogP contribution in [0.15, 0.2) is 66.7 Å². The zero-order valence-corrected chi connectivity index (χ0v) is 17.7. The van der Waals surface area contributed by atoms with Crippen molar-refractivity contribution in [1.29, 1.82) is 0 Å². The van der Waals surface area contributed by atoms with Crippen molar-refractivity contribution < 1.29 is 14.9 Å². The first-order chi connectivity index (χ1) is 15.2. The molecule has 1 fully saturated rings. The third-order valence-electron chi connectivity index (χ3n) is 6.71. The largest absolute Gasteiger partial charge is 0.508 e. The monoisotopic (exact) mass is 415 g/mol. The topological polar surface area (TPSA) is 52.9 Å². The first kappa shape index (κ1) is 20.0. The van der Waals surface area contributed by atoms with Gasteiger partial charge < -0.3 is 19.8 Å². The molecule has 2 atom stereocenters. The number of ether oxygens (including phenoxy) is 1. The predicted octanol–water partition coefficient (Wildman–Crippen LogP) is 5.04. The quantitative estimate of drug-likeness (QED) is 0.613. The minimum absolute atomic E-state index is 0.0830. The molecule has 4 heteroatoms. The third-order valence-corrected chi connectivity index (χ3v) is 6.71. The zero-order chi connectivity index (χ0) is 21.2. The van der Waals surface area contributed by atoms with Crippen molar-refractivity contribution in [3.05, 3.63) is 89.0 Å². The van der Waals surface area contributed by atoms with Crippen molar-refractivity contribution >= 4 is 0 Å². The van der Waals surface area contributed by atoms with E-state index in [9.17, 15) is 10.2 Å². The molecule has 0 amide bonds. The Balaban J connectivity index is 1.45. The molecule has 4 nitrogen and oxygen atoms in total. The fourth-order valence-electron chi connectivity index (χ4n) is 5.04. The molecule has 0 unspecified atom stereocenters. The van der Waals surface area contributed by atoms with Crippen LogP contribution in [0.1, 0.15) is 46.9 Å². The fourth-order valence-corrected chi connectivity index (χ4v) is 5.04. The lowest BCUT2D eigenvalue weighted by Gasteiger charge is -2.34. The van der Waals surface area contributed by atoms with Gasteiger partial charge in [0.2, 0.25) is 0 Å². The van der Waals surface area contributed by atoms with Gasteiger partial charge in [-0.1, -0.05) is 42.5 Å². The summed E-state index contributed by atoms with van der Waals surface area (Å²) >= 11 is 0. The van der Waals surface area contributed by atoms with Gasteiger partial charge in [0.1, 0.15) is 17.2 Å². The molecule has 3 aromatic carbocycles. The average Bonchev–Trinajstić information content (AvgIpc) is 3.31. The molecule has 0 bridgehead atoms. The van der Waals surface area contributed by atoms with Crippen LogP contribution in [0, 0.1) is 0 Å². The van der Waals surface area contributed by atoms with Crippen LogP contribution < -0.4 is 4.74 Å². The number of nitrogens with zero attached hydrogens (tertiary/aromatic N) is 1. The summed E-state index contributed by atoms with van der Waals surface area (Å²) in [5, 5.41) is 20.0. The van der Waals surface area contributed by atoms with E-state index in [0.29, 0.717) is 6.61 Å². The third kappa shape index (κ3) is 4.26. The number of hydrogen-bond donors (Lipinski definition) is 2. The number of phenols is 2. The van der Waals surface area contributed by atoms with E-state index in [1.54, 1.807) is 18.2 Å². The Morgan fingerprint density at radius 3 is 2.39 bits per heavy atom. The van der Waals surface area contributed by atoms with Gasteiger partial charge in [-0.15, -0.1) is 0 Å². The van der Waals surface area contributed by atoms with E-state index in [-0.39, 0.29) is 23.3 Å². The van der Waals surface area contributed by atoms with E-state index < -0.39 is 0 Å². The Morgan fingerprint density at radius 2 is 1.61 bits per heavy atom. The van der Waals surface area contributed by atoms with E-state index >= 15 is 0 Å². The smallest absolute Gasteiger partial charge is 0.126 e. The summed E-state index contributed by atoms with van der Waals surface area (Å²) in [4.78, 5) is 2.55. The molecule has 2 heterocycles. The number of fused-ring (bicyclic) bond motifs is 1. The molecule has 0 radical (unpaired) electrons. The molecule has 1 saturated heterocycles. The number of likely N-dealkylation sites (tertiary alicyclic amines) is 1. The second-order valence-corrected chi connectivity index (χ2v) is 8.75. The van der Waals surface area contributed by atoms with Crippen LogP contribution in [0.3, 0.4) is 0 Å². The Bertz CT molecular complexity index is 1040. The predicted molar refractivity (Wildman–Crippen MR) is 122 cm³/mol. The summed E-state index contributed by atoms with van der Waals surface area (Å²) in [5.74, 6) is 1.40. The number of rotatable bonds is 5. The first-order valence-electron chi connectivity index (χ1n) is 11.2. The molecular formula is C27H29NO3. The van der Waals surface area contributed by atoms with Crippen molar-refractivity contribution in [3.63, 3.8) is 0 Å². The van der Waals surface area contributed by atoms with Crippen LogP contribution >= 0.6 is 0 Å². The lowest BCUT2D eigenvalue weighted by molar-refractivity contribution is 0.247. The Hall–Kier alpha value is -2.98. The summed E-state index contributed by atoms with van der Waals surface area (Å²) < 4.78 is 6.04. The maximum absolute atomic E-state index is 10.0. The molecule has 31 heavy (non-hydrogen) atoms. The molecular weight excluding hydrogens is 386 g/mol. The average molecular weight is 416 g/mol. The van der Waals surface area contributed by atoms with Crippen LogP contribution in [-0.4, -0.2) is 41.4 Å². The zero-order valence-electron chi connectivity index (χ0n) is 17.7. The second kappa shape index (κ2) is 8.64. The van der Waals surface area contributed by atoms with Gasteiger partial charge in [0.05, 0.1) is 6.61 Å². The molecule has 0 aromatic heterocycles. The van der Waals surface area contributed by atoms with E-state index in [4.69, 9.17) is 4.74 Å². The minimum Gasteiger partial charge on any atom is -0.508 e. The number of benzene rings is 3. The van der Waals surface area contributed by atoms with Crippen molar-refractivity contribution in [2.75, 3.05) is 26.2 Å². The highest BCUT2D eigenvalue weighted by molar-refractivity contribution is 5.51. The molecule has 2 aliphatic rings. The van der Waals surface area contributed by atoms with Crippen molar-refractivity contribution in [1.82, 2.24) is 4.90 Å². The van der Waals surface area contributed by atoms with Crippen molar-refractivity contribution in [2.45, 2.75) is 31.1 Å². The van der Waals surface area contributed by atoms with Crippen molar-refractivity contribution in [2.24, 2.45) is 0 Å². The van der Waals surface area contributed by atoms with Gasteiger partial charge in [0, 0.05) is 30.0 Å². The van der Waals surface area contributed by atoms with E-state index in [2.05, 4.69) is 35.2 Å². The fraction of sp³-hybridized carbons (Fsp3) is 0.333. The lowest BCUT2D eigenvalue weighted by atomic mass is 9.75. The Morgan fingerprint density at radius 1 is 0.839 bits per heavy atom. The van der Waals surface area contributed by atoms with Gasteiger partial charge in [-0.05, 0) is 67.2 Å². The summed E-state index contributed by atoms with van der Waals surface area (Å²) in [6, 6.07) is 21.8. The highest BCUT2D eigenvalue weighted by Gasteiger charge is 2.33. The number of hydrogen-bond acceptors (Lipinski definition) is 4. The SMILES string of the molecule is Oc1cccc([C@@H]2COc3cc(O)ccc3[C@@H]2c2ccc(CCN3CCCC3)cc2)c1. The molecule has 0 spiro atoms. The highest BCUT2D eigenvalue weighted by atomic mass is 16.5. The molecule has 0 saturated carbocycles. The van der Waals surface area contributed by atoms with Crippen LogP contribution in [0.4, 0.5) is 0 Å². The van der Waals surface area contributed by atoms with Crippen LogP contribution in [-0.2, 0) is 6.42 Å². The highest BCUT2D eigenvalue weighted by Crippen LogP contribution is 2.47. The van der Waals surface area contributed by atoms with Crippen LogP contribution in [0.2, 0.25) is 0 Å². The van der Waals surface area contributed by atoms with Crippen LogP contribution in [0.5, 0.6) is 17.2 Å².